The van der Waals surface area contributed by atoms with Crippen molar-refractivity contribution in [1.82, 2.24) is 9.88 Å². The lowest BCUT2D eigenvalue weighted by atomic mass is 10.3. The van der Waals surface area contributed by atoms with Crippen LogP contribution in [0.3, 0.4) is 0 Å². The number of pyridine rings is 1. The van der Waals surface area contributed by atoms with E-state index < -0.39 is 0 Å². The molecule has 15 heavy (non-hydrogen) atoms. The van der Waals surface area contributed by atoms with Crippen molar-refractivity contribution >= 4 is 27.3 Å². The minimum atomic E-state index is 0.670. The third kappa shape index (κ3) is 3.68. The maximum Gasteiger partial charge on any atom is 0.0750 e. The molecule has 0 aliphatic rings. The van der Waals surface area contributed by atoms with Crippen LogP contribution in [0.2, 0.25) is 0 Å². The second-order valence-electron chi connectivity index (χ2n) is 3.41. The van der Waals surface area contributed by atoms with Gasteiger partial charge in [0.05, 0.1) is 22.0 Å². The molecular weight excluding hydrogens is 256 g/mol. The minimum Gasteiger partial charge on any atom is -0.396 e. The van der Waals surface area contributed by atoms with Gasteiger partial charge in [-0.15, -0.1) is 0 Å². The number of likely N-dealkylation sites (N-methyl/N-ethyl adjacent to an activating group) is 1. The second-order valence-corrected chi connectivity index (χ2v) is 4.26. The van der Waals surface area contributed by atoms with Crippen molar-refractivity contribution in [3.05, 3.63) is 16.9 Å². The number of hydrogen-bond acceptors (Lipinski definition) is 4. The van der Waals surface area contributed by atoms with Crippen LogP contribution in [0.1, 0.15) is 6.92 Å². The van der Waals surface area contributed by atoms with Gasteiger partial charge in [-0.25, -0.2) is 0 Å². The lowest BCUT2D eigenvalue weighted by molar-refractivity contribution is 0.367. The number of anilines is 2. The van der Waals surface area contributed by atoms with E-state index in [0.29, 0.717) is 5.69 Å². The quantitative estimate of drug-likeness (QED) is 0.858. The molecular formula is C10H17BrN4. The molecule has 1 aromatic rings. The number of nitrogens with one attached hydrogen (secondary N) is 1. The van der Waals surface area contributed by atoms with E-state index >= 15 is 0 Å². The highest BCUT2D eigenvalue weighted by Crippen LogP contribution is 2.26. The first-order valence-electron chi connectivity index (χ1n) is 4.96. The van der Waals surface area contributed by atoms with Crippen LogP contribution in [-0.2, 0) is 0 Å². The number of halogens is 1. The van der Waals surface area contributed by atoms with Crippen LogP contribution in [0.25, 0.3) is 0 Å². The Morgan fingerprint density at radius 1 is 1.53 bits per heavy atom. The maximum atomic E-state index is 5.80. The van der Waals surface area contributed by atoms with Crippen LogP contribution in [-0.4, -0.2) is 36.6 Å². The van der Waals surface area contributed by atoms with Gasteiger partial charge in [0, 0.05) is 19.3 Å². The first-order valence-corrected chi connectivity index (χ1v) is 5.75. The zero-order chi connectivity index (χ0) is 11.3. The van der Waals surface area contributed by atoms with Gasteiger partial charge in [0.2, 0.25) is 0 Å². The summed E-state index contributed by atoms with van der Waals surface area (Å²) in [7, 11) is 2.09. The van der Waals surface area contributed by atoms with E-state index in [1.807, 2.05) is 0 Å². The Bertz CT molecular complexity index is 296. The lowest BCUT2D eigenvalue weighted by Gasteiger charge is -2.16. The smallest absolute Gasteiger partial charge is 0.0750 e. The topological polar surface area (TPSA) is 54.2 Å². The number of nitrogens with zero attached hydrogens (tertiary/aromatic N) is 2. The summed E-state index contributed by atoms with van der Waals surface area (Å²) in [6.45, 7) is 5.05. The maximum absolute atomic E-state index is 5.80. The normalized spacial score (nSPS) is 10.7. The molecule has 0 fully saturated rings. The second kappa shape index (κ2) is 5.92. The molecule has 84 valence electrons. The molecule has 1 rings (SSSR count). The van der Waals surface area contributed by atoms with Gasteiger partial charge in [0.15, 0.2) is 0 Å². The highest BCUT2D eigenvalue weighted by Gasteiger charge is 2.03. The van der Waals surface area contributed by atoms with Crippen molar-refractivity contribution in [2.24, 2.45) is 0 Å². The van der Waals surface area contributed by atoms with E-state index in [0.717, 1.165) is 29.8 Å². The van der Waals surface area contributed by atoms with Crippen molar-refractivity contribution in [1.29, 1.82) is 0 Å². The summed E-state index contributed by atoms with van der Waals surface area (Å²) in [6.07, 6.45) is 3.39. The van der Waals surface area contributed by atoms with Gasteiger partial charge in [0.25, 0.3) is 0 Å². The summed E-state index contributed by atoms with van der Waals surface area (Å²) in [5.41, 5.74) is 7.40. The van der Waals surface area contributed by atoms with E-state index in [1.54, 1.807) is 12.4 Å². The standard InChI is InChI=1S/C10H17BrN4/c1-3-15(2)5-4-14-10-8(11)6-13-7-9(10)12/h6-7H,3-5,12H2,1-2H3,(H,13,14). The van der Waals surface area contributed by atoms with Crippen LogP contribution in [0.15, 0.2) is 16.9 Å². The molecule has 0 aliphatic heterocycles. The van der Waals surface area contributed by atoms with E-state index in [1.165, 1.54) is 0 Å². The number of nitrogens with two attached hydrogens (primary N) is 1. The average Bonchev–Trinajstić information content (AvgIpc) is 2.22. The molecule has 0 aromatic carbocycles. The van der Waals surface area contributed by atoms with Crippen LogP contribution in [0.4, 0.5) is 11.4 Å². The van der Waals surface area contributed by atoms with Gasteiger partial charge >= 0.3 is 0 Å². The van der Waals surface area contributed by atoms with Crippen molar-refractivity contribution in [3.63, 3.8) is 0 Å². The zero-order valence-electron chi connectivity index (χ0n) is 9.13. The van der Waals surface area contributed by atoms with Gasteiger partial charge in [-0.1, -0.05) is 6.92 Å². The molecule has 0 radical (unpaired) electrons. The van der Waals surface area contributed by atoms with Gasteiger partial charge in [-0.05, 0) is 29.5 Å². The largest absolute Gasteiger partial charge is 0.396 e. The predicted octanol–water partition coefficient (Wildman–Crippen LogP) is 1.79. The third-order valence-electron chi connectivity index (χ3n) is 2.26. The first kappa shape index (κ1) is 12.3. The first-order chi connectivity index (χ1) is 7.15. The average molecular weight is 273 g/mol. The monoisotopic (exact) mass is 272 g/mol. The molecule has 1 heterocycles. The fourth-order valence-corrected chi connectivity index (χ4v) is 1.65. The van der Waals surface area contributed by atoms with Gasteiger partial charge < -0.3 is 16.0 Å². The Hall–Kier alpha value is -0.810. The molecule has 0 unspecified atom stereocenters. The summed E-state index contributed by atoms with van der Waals surface area (Å²) in [5.74, 6) is 0. The SMILES string of the molecule is CCN(C)CCNc1c(N)cncc1Br. The van der Waals surface area contributed by atoms with Gasteiger partial charge in [-0.2, -0.15) is 0 Å². The molecule has 3 N–H and O–H groups in total. The molecule has 0 atom stereocenters. The van der Waals surface area contributed by atoms with Crippen molar-refractivity contribution in [3.8, 4) is 0 Å². The Labute approximate surface area is 99.0 Å². The highest BCUT2D eigenvalue weighted by atomic mass is 79.9. The summed E-state index contributed by atoms with van der Waals surface area (Å²) in [5, 5.41) is 3.29. The zero-order valence-corrected chi connectivity index (χ0v) is 10.7. The van der Waals surface area contributed by atoms with E-state index in [4.69, 9.17) is 5.73 Å². The Morgan fingerprint density at radius 2 is 2.27 bits per heavy atom. The molecule has 0 amide bonds. The highest BCUT2D eigenvalue weighted by molar-refractivity contribution is 9.10. The summed E-state index contributed by atoms with van der Waals surface area (Å²) < 4.78 is 0.904. The minimum absolute atomic E-state index is 0.670. The molecule has 0 bridgehead atoms. The summed E-state index contributed by atoms with van der Waals surface area (Å²) in [6, 6.07) is 0. The Balaban J connectivity index is 2.50. The van der Waals surface area contributed by atoms with E-state index in [2.05, 4.69) is 45.1 Å². The number of nitrogen functional groups attached to an aromatic ring is 1. The number of hydrogen-bond donors (Lipinski definition) is 2. The third-order valence-corrected chi connectivity index (χ3v) is 2.87. The van der Waals surface area contributed by atoms with Crippen LogP contribution >= 0.6 is 15.9 Å². The molecule has 5 heteroatoms. The molecule has 4 nitrogen and oxygen atoms in total. The molecule has 0 aliphatic carbocycles. The summed E-state index contributed by atoms with van der Waals surface area (Å²) >= 11 is 3.41. The summed E-state index contributed by atoms with van der Waals surface area (Å²) in [4.78, 5) is 6.22. The van der Waals surface area contributed by atoms with Crippen molar-refractivity contribution in [2.75, 3.05) is 37.7 Å². The fraction of sp³-hybridized carbons (Fsp3) is 0.500. The predicted molar refractivity (Wildman–Crippen MR) is 68.0 cm³/mol. The Kier molecular flexibility index (Phi) is 4.84. The fourth-order valence-electron chi connectivity index (χ4n) is 1.17. The molecule has 0 saturated carbocycles. The molecule has 1 aromatic heterocycles. The molecule has 0 saturated heterocycles. The van der Waals surface area contributed by atoms with Crippen molar-refractivity contribution < 1.29 is 0 Å². The number of aromatic nitrogens is 1. The molecule has 0 spiro atoms. The van der Waals surface area contributed by atoms with Gasteiger partial charge in [-0.3, -0.25) is 4.98 Å². The van der Waals surface area contributed by atoms with Gasteiger partial charge in [0.1, 0.15) is 0 Å². The van der Waals surface area contributed by atoms with Crippen LogP contribution in [0, 0.1) is 0 Å². The van der Waals surface area contributed by atoms with Crippen LogP contribution in [0.5, 0.6) is 0 Å². The van der Waals surface area contributed by atoms with Crippen LogP contribution < -0.4 is 11.1 Å². The van der Waals surface area contributed by atoms with E-state index in [-0.39, 0.29) is 0 Å². The van der Waals surface area contributed by atoms with Crippen molar-refractivity contribution in [2.45, 2.75) is 6.92 Å². The van der Waals surface area contributed by atoms with E-state index in [9.17, 15) is 0 Å². The Morgan fingerprint density at radius 3 is 2.87 bits per heavy atom. The lowest BCUT2D eigenvalue weighted by Crippen LogP contribution is -2.25. The number of rotatable bonds is 5.